The highest BCUT2D eigenvalue weighted by molar-refractivity contribution is 5.37. The Bertz CT molecular complexity index is 83.8. The van der Waals surface area contributed by atoms with E-state index in [-0.39, 0.29) is 0 Å². The third-order valence-electron chi connectivity index (χ3n) is 0.663. The maximum Gasteiger partial charge on any atom is 0.293 e. The van der Waals surface area contributed by atoms with Crippen molar-refractivity contribution in [3.8, 4) is 0 Å². The molecule has 0 unspecified atom stereocenters. The number of carbonyl (C=O) groups excluding carboxylic acids is 1. The molecule has 0 aliphatic heterocycles. The van der Waals surface area contributed by atoms with Crippen molar-refractivity contribution in [2.45, 2.75) is 13.3 Å². The van der Waals surface area contributed by atoms with Crippen molar-refractivity contribution in [3.63, 3.8) is 0 Å². The summed E-state index contributed by atoms with van der Waals surface area (Å²) < 4.78 is 20.4. The molecule has 10 heavy (non-hydrogen) atoms. The van der Waals surface area contributed by atoms with Gasteiger partial charge in [0.2, 0.25) is 0 Å². The van der Waals surface area contributed by atoms with Gasteiger partial charge in [-0.25, -0.2) is 0 Å². The lowest BCUT2D eigenvalue weighted by molar-refractivity contribution is -0.127. The maximum atomic E-state index is 9.51. The smallest absolute Gasteiger partial charge is 0.293 e. The summed E-state index contributed by atoms with van der Waals surface area (Å²) in [5.74, 6) is 0. The van der Waals surface area contributed by atoms with Gasteiger partial charge in [0.15, 0.2) is 0 Å². The molecule has 0 aromatic carbocycles. The monoisotopic (exact) mass is 152 g/mol. The van der Waals surface area contributed by atoms with Gasteiger partial charge in [-0.2, -0.15) is 0 Å². The summed E-state index contributed by atoms with van der Waals surface area (Å²) in [7, 11) is 0. The number of ether oxygens (including phenoxy) is 1. The summed E-state index contributed by atoms with van der Waals surface area (Å²) in [6.45, 7) is 2.87. The molecular formula is C6H10F2O2. The fourth-order valence-corrected chi connectivity index (χ4v) is 0.330. The van der Waals surface area contributed by atoms with Crippen LogP contribution < -0.4 is 0 Å². The van der Waals surface area contributed by atoms with E-state index in [1.807, 2.05) is 19.1 Å². The Balaban J connectivity index is 0. The largest absolute Gasteiger partial charge is 0.464 e. The Hall–Kier alpha value is -0.930. The molecule has 0 amide bonds. The number of rotatable bonds is 4. The highest BCUT2D eigenvalue weighted by atomic mass is 20.0. The van der Waals surface area contributed by atoms with Gasteiger partial charge >= 0.3 is 0 Å². The van der Waals surface area contributed by atoms with Crippen LogP contribution in [0.15, 0.2) is 12.2 Å². The third kappa shape index (κ3) is 15.7. The number of allylic oxidation sites excluding steroid dienone is 1. The molecule has 0 atom stereocenters. The van der Waals surface area contributed by atoms with E-state index in [9.17, 15) is 4.79 Å². The average Bonchev–Trinajstić information content (AvgIpc) is 2.02. The van der Waals surface area contributed by atoms with Crippen LogP contribution in [-0.4, -0.2) is 13.1 Å². The molecule has 0 radical (unpaired) electrons. The lowest BCUT2D eigenvalue weighted by Crippen LogP contribution is -1.84. The minimum atomic E-state index is 0.400. The Morgan fingerprint density at radius 1 is 1.40 bits per heavy atom. The third-order valence-corrected chi connectivity index (χ3v) is 0.663. The fraction of sp³-hybridized carbons (Fsp3) is 0.500. The van der Waals surface area contributed by atoms with Gasteiger partial charge in [-0.1, -0.05) is 19.1 Å². The molecule has 0 fully saturated rings. The van der Waals surface area contributed by atoms with E-state index in [4.69, 9.17) is 9.15 Å². The summed E-state index contributed by atoms with van der Waals surface area (Å²) in [6, 6.07) is 0. The van der Waals surface area contributed by atoms with E-state index >= 15 is 0 Å². The highest BCUT2D eigenvalue weighted by Gasteiger charge is 1.71. The molecule has 0 aliphatic rings. The van der Waals surface area contributed by atoms with Crippen LogP contribution in [0.4, 0.5) is 9.15 Å². The second kappa shape index (κ2) is 15.7. The van der Waals surface area contributed by atoms with Crippen molar-refractivity contribution in [1.82, 2.24) is 0 Å². The van der Waals surface area contributed by atoms with Crippen LogP contribution in [0.1, 0.15) is 13.3 Å². The molecule has 0 saturated heterocycles. The minimum Gasteiger partial charge on any atom is -0.464 e. The molecule has 0 N–H and O–H groups in total. The SMILES string of the molecule is CC/C=C/COC=O.FF. The zero-order valence-electron chi connectivity index (χ0n) is 5.72. The molecule has 0 saturated carbocycles. The average molecular weight is 152 g/mol. The van der Waals surface area contributed by atoms with Gasteiger partial charge < -0.3 is 4.74 Å². The summed E-state index contributed by atoms with van der Waals surface area (Å²) in [5, 5.41) is 0. The van der Waals surface area contributed by atoms with Crippen LogP contribution in [0.5, 0.6) is 0 Å². The van der Waals surface area contributed by atoms with Gasteiger partial charge in [0.25, 0.3) is 6.47 Å². The van der Waals surface area contributed by atoms with Gasteiger partial charge in [-0.3, -0.25) is 4.79 Å². The summed E-state index contributed by atoms with van der Waals surface area (Å²) in [5.41, 5.74) is 0. The van der Waals surface area contributed by atoms with Gasteiger partial charge in [0.05, 0.1) is 0 Å². The second-order valence-corrected chi connectivity index (χ2v) is 1.31. The molecule has 4 heteroatoms. The van der Waals surface area contributed by atoms with E-state index in [0.29, 0.717) is 13.1 Å². The number of hydrogen-bond donors (Lipinski definition) is 0. The number of carbonyl (C=O) groups is 1. The summed E-state index contributed by atoms with van der Waals surface area (Å²) in [4.78, 5) is 9.51. The van der Waals surface area contributed by atoms with Gasteiger partial charge in [-0.15, -0.1) is 0 Å². The molecule has 0 aliphatic carbocycles. The summed E-state index contributed by atoms with van der Waals surface area (Å²) in [6.07, 6.45) is 4.75. The quantitative estimate of drug-likeness (QED) is 0.349. The first-order chi connectivity index (χ1) is 4.91. The lowest BCUT2D eigenvalue weighted by Gasteiger charge is -1.85. The lowest BCUT2D eigenvalue weighted by atomic mass is 10.4. The van der Waals surface area contributed by atoms with Gasteiger partial charge in [0, 0.05) is 9.15 Å². The van der Waals surface area contributed by atoms with E-state index < -0.39 is 0 Å². The topological polar surface area (TPSA) is 26.3 Å². The van der Waals surface area contributed by atoms with E-state index in [1.165, 1.54) is 0 Å². The molecule has 0 aromatic rings. The predicted octanol–water partition coefficient (Wildman–Crippen LogP) is 1.97. The molecule has 0 spiro atoms. The van der Waals surface area contributed by atoms with E-state index in [0.717, 1.165) is 6.42 Å². The second-order valence-electron chi connectivity index (χ2n) is 1.31. The Kier molecular flexibility index (Phi) is 18.5. The molecule has 0 rings (SSSR count). The Labute approximate surface area is 58.3 Å². The minimum absolute atomic E-state index is 0.400. The zero-order valence-corrected chi connectivity index (χ0v) is 5.72. The van der Waals surface area contributed by atoms with Crippen molar-refractivity contribution < 1.29 is 18.7 Å². The molecule has 0 heterocycles. The summed E-state index contributed by atoms with van der Waals surface area (Å²) >= 11 is 0. The van der Waals surface area contributed by atoms with Crippen molar-refractivity contribution in [2.75, 3.05) is 6.61 Å². The molecular weight excluding hydrogens is 142 g/mol. The maximum absolute atomic E-state index is 9.51. The first kappa shape index (κ1) is 11.8. The predicted molar refractivity (Wildman–Crippen MR) is 33.7 cm³/mol. The first-order valence-electron chi connectivity index (χ1n) is 2.76. The van der Waals surface area contributed by atoms with Crippen molar-refractivity contribution >= 4 is 6.47 Å². The van der Waals surface area contributed by atoms with Crippen LogP contribution in [0.3, 0.4) is 0 Å². The van der Waals surface area contributed by atoms with Crippen LogP contribution in [-0.2, 0) is 9.53 Å². The van der Waals surface area contributed by atoms with Crippen molar-refractivity contribution in [2.24, 2.45) is 0 Å². The Morgan fingerprint density at radius 3 is 2.40 bits per heavy atom. The zero-order chi connectivity index (χ0) is 8.24. The van der Waals surface area contributed by atoms with Crippen molar-refractivity contribution in [3.05, 3.63) is 12.2 Å². The van der Waals surface area contributed by atoms with Crippen LogP contribution in [0.25, 0.3) is 0 Å². The van der Waals surface area contributed by atoms with E-state index in [1.54, 1.807) is 0 Å². The fourth-order valence-electron chi connectivity index (χ4n) is 0.330. The van der Waals surface area contributed by atoms with Gasteiger partial charge in [-0.05, 0) is 6.42 Å². The Morgan fingerprint density at radius 2 is 2.00 bits per heavy atom. The number of halogens is 2. The molecule has 2 nitrogen and oxygen atoms in total. The van der Waals surface area contributed by atoms with E-state index in [2.05, 4.69) is 4.74 Å². The standard InChI is InChI=1S/C6H10O2.F2/c1-2-3-4-5-8-6-7;1-2/h3-4,6H,2,5H2,1H3;/b4-3+;. The van der Waals surface area contributed by atoms with Gasteiger partial charge in [0.1, 0.15) is 6.61 Å². The molecule has 60 valence electrons. The number of hydrogen-bond acceptors (Lipinski definition) is 2. The van der Waals surface area contributed by atoms with Crippen LogP contribution >= 0.6 is 0 Å². The van der Waals surface area contributed by atoms with Crippen molar-refractivity contribution in [1.29, 1.82) is 0 Å². The van der Waals surface area contributed by atoms with Crippen LogP contribution in [0.2, 0.25) is 0 Å². The molecule has 0 bridgehead atoms. The molecule has 0 aromatic heterocycles. The van der Waals surface area contributed by atoms with Crippen LogP contribution in [0, 0.1) is 0 Å². The normalized spacial score (nSPS) is 8.30. The highest BCUT2D eigenvalue weighted by Crippen LogP contribution is 1.78. The first-order valence-corrected chi connectivity index (χ1v) is 2.76.